The van der Waals surface area contributed by atoms with E-state index in [1.165, 1.54) is 11.0 Å². The highest BCUT2D eigenvalue weighted by molar-refractivity contribution is 5.91. The zero-order valence-electron chi connectivity index (χ0n) is 10.5. The standard InChI is InChI=1S/C14H16N2O3/c15-11-13-3-1-2-12(10-13)4-5-14(19)16(6-8-17)7-9-18/h1-5,10,17-18H,6-9H2/b5-4+. The lowest BCUT2D eigenvalue weighted by molar-refractivity contribution is -0.126. The molecule has 0 saturated heterocycles. The Bertz CT molecular complexity index is 486. The molecule has 100 valence electrons. The van der Waals surface area contributed by atoms with Crippen molar-refractivity contribution in [1.29, 1.82) is 5.26 Å². The number of carbonyl (C=O) groups is 1. The van der Waals surface area contributed by atoms with E-state index in [-0.39, 0.29) is 32.2 Å². The van der Waals surface area contributed by atoms with Gasteiger partial charge in [-0.1, -0.05) is 12.1 Å². The molecule has 0 bridgehead atoms. The van der Waals surface area contributed by atoms with Crippen LogP contribution in [0.4, 0.5) is 0 Å². The van der Waals surface area contributed by atoms with Crippen molar-refractivity contribution in [3.8, 4) is 6.07 Å². The number of rotatable bonds is 6. The van der Waals surface area contributed by atoms with Crippen LogP contribution in [0.1, 0.15) is 11.1 Å². The van der Waals surface area contributed by atoms with E-state index in [2.05, 4.69) is 0 Å². The summed E-state index contributed by atoms with van der Waals surface area (Å²) in [6.07, 6.45) is 2.97. The number of nitriles is 1. The van der Waals surface area contributed by atoms with Gasteiger partial charge < -0.3 is 15.1 Å². The molecule has 5 nitrogen and oxygen atoms in total. The number of nitrogens with zero attached hydrogens (tertiary/aromatic N) is 2. The lowest BCUT2D eigenvalue weighted by atomic mass is 10.1. The monoisotopic (exact) mass is 260 g/mol. The van der Waals surface area contributed by atoms with E-state index in [4.69, 9.17) is 15.5 Å². The van der Waals surface area contributed by atoms with Crippen molar-refractivity contribution in [2.24, 2.45) is 0 Å². The summed E-state index contributed by atoms with van der Waals surface area (Å²) in [5.74, 6) is -0.287. The first-order valence-corrected chi connectivity index (χ1v) is 5.90. The van der Waals surface area contributed by atoms with Crippen molar-refractivity contribution < 1.29 is 15.0 Å². The summed E-state index contributed by atoms with van der Waals surface area (Å²) in [5.41, 5.74) is 1.28. The Hall–Kier alpha value is -2.16. The summed E-state index contributed by atoms with van der Waals surface area (Å²) in [5, 5.41) is 26.4. The fourth-order valence-electron chi connectivity index (χ4n) is 1.56. The lowest BCUT2D eigenvalue weighted by Crippen LogP contribution is -2.34. The lowest BCUT2D eigenvalue weighted by Gasteiger charge is -2.18. The predicted molar refractivity (Wildman–Crippen MR) is 70.9 cm³/mol. The van der Waals surface area contributed by atoms with Crippen molar-refractivity contribution in [2.75, 3.05) is 26.3 Å². The van der Waals surface area contributed by atoms with Crippen LogP contribution in [-0.4, -0.2) is 47.3 Å². The zero-order valence-corrected chi connectivity index (χ0v) is 10.5. The van der Waals surface area contributed by atoms with Gasteiger partial charge in [0, 0.05) is 19.2 Å². The average Bonchev–Trinajstić information content (AvgIpc) is 2.44. The van der Waals surface area contributed by atoms with Crippen LogP contribution in [0.15, 0.2) is 30.3 Å². The maximum atomic E-state index is 11.8. The van der Waals surface area contributed by atoms with E-state index in [1.54, 1.807) is 30.3 Å². The average molecular weight is 260 g/mol. The highest BCUT2D eigenvalue weighted by Crippen LogP contribution is 2.06. The van der Waals surface area contributed by atoms with Crippen LogP contribution in [0.3, 0.4) is 0 Å². The summed E-state index contributed by atoms with van der Waals surface area (Å²) < 4.78 is 0. The van der Waals surface area contributed by atoms with Crippen LogP contribution in [0, 0.1) is 11.3 Å². The fraction of sp³-hybridized carbons (Fsp3) is 0.286. The van der Waals surface area contributed by atoms with Crippen LogP contribution in [0.5, 0.6) is 0 Å². The SMILES string of the molecule is N#Cc1cccc(/C=C/C(=O)N(CCO)CCO)c1. The molecule has 0 atom stereocenters. The van der Waals surface area contributed by atoms with E-state index in [0.29, 0.717) is 5.56 Å². The van der Waals surface area contributed by atoms with Crippen LogP contribution in [0.25, 0.3) is 6.08 Å². The molecule has 0 aliphatic carbocycles. The quantitative estimate of drug-likeness (QED) is 0.724. The molecule has 1 aromatic rings. The molecule has 1 aromatic carbocycles. The van der Waals surface area contributed by atoms with Crippen molar-refractivity contribution in [3.63, 3.8) is 0 Å². The van der Waals surface area contributed by atoms with E-state index in [9.17, 15) is 4.79 Å². The Kier molecular flexibility index (Phi) is 6.30. The third kappa shape index (κ3) is 4.92. The minimum atomic E-state index is -0.287. The molecule has 0 radical (unpaired) electrons. The first-order chi connectivity index (χ1) is 9.21. The van der Waals surface area contributed by atoms with Gasteiger partial charge in [0.1, 0.15) is 0 Å². The molecule has 19 heavy (non-hydrogen) atoms. The van der Waals surface area contributed by atoms with Gasteiger partial charge in [-0.2, -0.15) is 5.26 Å². The summed E-state index contributed by atoms with van der Waals surface area (Å²) in [6, 6.07) is 8.90. The maximum absolute atomic E-state index is 11.8. The number of hydrogen-bond donors (Lipinski definition) is 2. The molecule has 0 heterocycles. The Balaban J connectivity index is 2.73. The zero-order chi connectivity index (χ0) is 14.1. The molecular weight excluding hydrogens is 244 g/mol. The summed E-state index contributed by atoms with van der Waals surface area (Å²) in [7, 11) is 0. The molecule has 0 aliphatic rings. The van der Waals surface area contributed by atoms with Crippen LogP contribution < -0.4 is 0 Å². The third-order valence-corrected chi connectivity index (χ3v) is 2.49. The Labute approximate surface area is 112 Å². The van der Waals surface area contributed by atoms with Crippen molar-refractivity contribution in [1.82, 2.24) is 4.90 Å². The van der Waals surface area contributed by atoms with Gasteiger partial charge in [0.15, 0.2) is 0 Å². The van der Waals surface area contributed by atoms with Crippen molar-refractivity contribution >= 4 is 12.0 Å². The molecule has 2 N–H and O–H groups in total. The van der Waals surface area contributed by atoms with Gasteiger partial charge in [-0.3, -0.25) is 4.79 Å². The van der Waals surface area contributed by atoms with E-state index < -0.39 is 0 Å². The Morgan fingerprint density at radius 2 is 2.00 bits per heavy atom. The minimum absolute atomic E-state index is 0.149. The number of carbonyl (C=O) groups excluding carboxylic acids is 1. The summed E-state index contributed by atoms with van der Waals surface area (Å²) in [4.78, 5) is 13.2. The molecule has 0 unspecified atom stereocenters. The Morgan fingerprint density at radius 3 is 2.58 bits per heavy atom. The van der Waals surface area contributed by atoms with Crippen LogP contribution >= 0.6 is 0 Å². The largest absolute Gasteiger partial charge is 0.395 e. The molecule has 5 heteroatoms. The van der Waals surface area contributed by atoms with Gasteiger partial charge in [-0.15, -0.1) is 0 Å². The second-order valence-electron chi connectivity index (χ2n) is 3.84. The predicted octanol–water partition coefficient (Wildman–Crippen LogP) is 0.385. The topological polar surface area (TPSA) is 84.6 Å². The van der Waals surface area contributed by atoms with Gasteiger partial charge in [-0.05, 0) is 23.8 Å². The first kappa shape index (κ1) is 14.9. The second-order valence-corrected chi connectivity index (χ2v) is 3.84. The molecule has 1 rings (SSSR count). The van der Waals surface area contributed by atoms with Crippen molar-refractivity contribution in [2.45, 2.75) is 0 Å². The molecule has 0 spiro atoms. The van der Waals surface area contributed by atoms with Gasteiger partial charge in [-0.25, -0.2) is 0 Å². The molecule has 0 aromatic heterocycles. The number of amides is 1. The summed E-state index contributed by atoms with van der Waals surface area (Å²) >= 11 is 0. The van der Waals surface area contributed by atoms with Crippen LogP contribution in [0.2, 0.25) is 0 Å². The normalized spacial score (nSPS) is 10.4. The first-order valence-electron chi connectivity index (χ1n) is 5.90. The van der Waals surface area contributed by atoms with Gasteiger partial charge in [0.05, 0.1) is 24.8 Å². The number of aliphatic hydroxyl groups is 2. The van der Waals surface area contributed by atoms with E-state index in [1.807, 2.05) is 6.07 Å². The van der Waals surface area contributed by atoms with Gasteiger partial charge >= 0.3 is 0 Å². The Morgan fingerprint density at radius 1 is 1.32 bits per heavy atom. The highest BCUT2D eigenvalue weighted by atomic mass is 16.3. The molecule has 0 aliphatic heterocycles. The molecule has 1 amide bonds. The molecule has 0 saturated carbocycles. The fourth-order valence-corrected chi connectivity index (χ4v) is 1.56. The maximum Gasteiger partial charge on any atom is 0.246 e. The minimum Gasteiger partial charge on any atom is -0.395 e. The number of hydrogen-bond acceptors (Lipinski definition) is 4. The third-order valence-electron chi connectivity index (χ3n) is 2.49. The van der Waals surface area contributed by atoms with Gasteiger partial charge in [0.2, 0.25) is 5.91 Å². The highest BCUT2D eigenvalue weighted by Gasteiger charge is 2.08. The smallest absolute Gasteiger partial charge is 0.246 e. The van der Waals surface area contributed by atoms with Crippen LogP contribution in [-0.2, 0) is 4.79 Å². The molecule has 0 fully saturated rings. The van der Waals surface area contributed by atoms with E-state index >= 15 is 0 Å². The number of aliphatic hydroxyl groups excluding tert-OH is 2. The summed E-state index contributed by atoms with van der Waals surface area (Å²) in [6.45, 7) is 0.0664. The molecular formula is C14H16N2O3. The van der Waals surface area contributed by atoms with Gasteiger partial charge in [0.25, 0.3) is 0 Å². The van der Waals surface area contributed by atoms with E-state index in [0.717, 1.165) is 5.56 Å². The second kappa shape index (κ2) is 8.03. The van der Waals surface area contributed by atoms with Crippen molar-refractivity contribution in [3.05, 3.63) is 41.5 Å². The number of benzene rings is 1.